The molecule has 0 N–H and O–H groups in total. The van der Waals surface area contributed by atoms with E-state index in [-0.39, 0.29) is 12.1 Å². The molecule has 1 aromatic rings. The fourth-order valence-corrected chi connectivity index (χ4v) is 5.62. The minimum atomic E-state index is -0.134. The highest BCUT2D eigenvalue weighted by Gasteiger charge is 2.28. The van der Waals surface area contributed by atoms with Crippen LogP contribution < -0.4 is 0 Å². The van der Waals surface area contributed by atoms with Crippen LogP contribution in [-0.4, -0.2) is 12.1 Å². The molecule has 2 aliphatic carbocycles. The van der Waals surface area contributed by atoms with E-state index in [2.05, 4.69) is 32.9 Å². The normalized spacial score (nSPS) is 30.8. The standard InChI is InChI=1S/C26H40O2/c1-4-6-20-8-16-25(17-9-20)28-26(27)23-13-11-22(12-14-23)24-15-10-21(7-5-2)19(3)18-24/h11-14,19-21,24-25H,4-10,15-18H2,1-3H3/t19-,20?,21-,24+,25?/m0/s1. The first-order valence-corrected chi connectivity index (χ1v) is 11.9. The summed E-state index contributed by atoms with van der Waals surface area (Å²) in [5.41, 5.74) is 2.12. The van der Waals surface area contributed by atoms with Crippen molar-refractivity contribution >= 4 is 5.97 Å². The van der Waals surface area contributed by atoms with Gasteiger partial charge in [0.2, 0.25) is 0 Å². The third-order valence-electron chi connectivity index (χ3n) is 7.39. The molecule has 28 heavy (non-hydrogen) atoms. The van der Waals surface area contributed by atoms with Crippen molar-refractivity contribution in [2.75, 3.05) is 0 Å². The molecule has 3 atom stereocenters. The van der Waals surface area contributed by atoms with Crippen LogP contribution in [0.5, 0.6) is 0 Å². The van der Waals surface area contributed by atoms with Gasteiger partial charge < -0.3 is 4.74 Å². The number of ether oxygens (including phenoxy) is 1. The van der Waals surface area contributed by atoms with Crippen molar-refractivity contribution in [3.63, 3.8) is 0 Å². The molecule has 0 aliphatic heterocycles. The van der Waals surface area contributed by atoms with Gasteiger partial charge in [-0.2, -0.15) is 0 Å². The number of benzene rings is 1. The highest BCUT2D eigenvalue weighted by Crippen LogP contribution is 2.41. The average molecular weight is 385 g/mol. The van der Waals surface area contributed by atoms with E-state index in [9.17, 15) is 4.79 Å². The average Bonchev–Trinajstić information content (AvgIpc) is 2.71. The van der Waals surface area contributed by atoms with E-state index in [0.717, 1.165) is 30.6 Å². The molecule has 2 nitrogen and oxygen atoms in total. The van der Waals surface area contributed by atoms with Gasteiger partial charge in [-0.25, -0.2) is 4.79 Å². The molecular weight excluding hydrogens is 344 g/mol. The summed E-state index contributed by atoms with van der Waals surface area (Å²) in [6.07, 6.45) is 13.8. The lowest BCUT2D eigenvalue weighted by Crippen LogP contribution is -2.24. The Hall–Kier alpha value is -1.31. The Morgan fingerprint density at radius 3 is 2.21 bits per heavy atom. The summed E-state index contributed by atoms with van der Waals surface area (Å²) in [6.45, 7) is 6.98. The van der Waals surface area contributed by atoms with E-state index in [1.807, 2.05) is 12.1 Å². The van der Waals surface area contributed by atoms with Gasteiger partial charge in [-0.1, -0.05) is 58.6 Å². The van der Waals surface area contributed by atoms with Crippen LogP contribution >= 0.6 is 0 Å². The van der Waals surface area contributed by atoms with Crippen LogP contribution in [0.1, 0.15) is 113 Å². The van der Waals surface area contributed by atoms with Gasteiger partial charge in [-0.3, -0.25) is 0 Å². The monoisotopic (exact) mass is 384 g/mol. The van der Waals surface area contributed by atoms with E-state index in [1.54, 1.807) is 0 Å². The quantitative estimate of drug-likeness (QED) is 0.454. The summed E-state index contributed by atoms with van der Waals surface area (Å²) in [5, 5.41) is 0. The van der Waals surface area contributed by atoms with Gasteiger partial charge in [0.15, 0.2) is 0 Å². The second-order valence-corrected chi connectivity index (χ2v) is 9.49. The van der Waals surface area contributed by atoms with Crippen LogP contribution in [0.25, 0.3) is 0 Å². The number of hydrogen-bond donors (Lipinski definition) is 0. The van der Waals surface area contributed by atoms with Crippen molar-refractivity contribution < 1.29 is 9.53 Å². The number of carbonyl (C=O) groups is 1. The highest BCUT2D eigenvalue weighted by molar-refractivity contribution is 5.89. The van der Waals surface area contributed by atoms with Gasteiger partial charge in [-0.15, -0.1) is 0 Å². The molecule has 0 amide bonds. The van der Waals surface area contributed by atoms with Gasteiger partial charge >= 0.3 is 5.97 Å². The zero-order valence-electron chi connectivity index (χ0n) is 18.3. The second-order valence-electron chi connectivity index (χ2n) is 9.49. The Morgan fingerprint density at radius 2 is 1.61 bits per heavy atom. The first-order valence-electron chi connectivity index (χ1n) is 11.9. The lowest BCUT2D eigenvalue weighted by molar-refractivity contribution is 0.0161. The maximum atomic E-state index is 12.6. The van der Waals surface area contributed by atoms with Crippen molar-refractivity contribution in [2.45, 2.75) is 103 Å². The molecule has 0 unspecified atom stereocenters. The molecule has 1 aromatic carbocycles. The summed E-state index contributed by atoms with van der Waals surface area (Å²) in [6, 6.07) is 8.32. The lowest BCUT2D eigenvalue weighted by Gasteiger charge is -2.34. The molecule has 2 aliphatic rings. The predicted molar refractivity (Wildman–Crippen MR) is 117 cm³/mol. The van der Waals surface area contributed by atoms with Gasteiger partial charge in [0.1, 0.15) is 6.10 Å². The molecule has 0 aromatic heterocycles. The molecule has 0 heterocycles. The highest BCUT2D eigenvalue weighted by atomic mass is 16.5. The molecule has 2 fully saturated rings. The number of rotatable bonds is 7. The first-order chi connectivity index (χ1) is 13.6. The molecule has 2 heteroatoms. The fourth-order valence-electron chi connectivity index (χ4n) is 5.62. The van der Waals surface area contributed by atoms with Crippen molar-refractivity contribution in [3.8, 4) is 0 Å². The van der Waals surface area contributed by atoms with Crippen LogP contribution in [0.4, 0.5) is 0 Å². The molecule has 3 rings (SSSR count). The van der Waals surface area contributed by atoms with Crippen LogP contribution in [0, 0.1) is 17.8 Å². The number of esters is 1. The molecule has 156 valence electrons. The Kier molecular flexibility index (Phi) is 8.00. The Balaban J connectivity index is 1.50. The predicted octanol–water partition coefficient (Wildman–Crippen LogP) is 7.52. The number of hydrogen-bond acceptors (Lipinski definition) is 2. The summed E-state index contributed by atoms with van der Waals surface area (Å²) >= 11 is 0. The molecule has 0 bridgehead atoms. The van der Waals surface area contributed by atoms with E-state index in [4.69, 9.17) is 4.74 Å². The SMILES string of the molecule is CCCC1CCC(OC(=O)c2ccc([C@@H]3CC[C@H](CCC)[C@@H](C)C3)cc2)CC1. The number of carbonyl (C=O) groups excluding carboxylic acids is 1. The fraction of sp³-hybridized carbons (Fsp3) is 0.731. The maximum Gasteiger partial charge on any atom is 0.338 e. The van der Waals surface area contributed by atoms with Crippen molar-refractivity contribution in [3.05, 3.63) is 35.4 Å². The Bertz CT molecular complexity index is 597. The summed E-state index contributed by atoms with van der Waals surface area (Å²) in [5.74, 6) is 3.08. The third kappa shape index (κ3) is 5.61. The van der Waals surface area contributed by atoms with Crippen LogP contribution in [0.3, 0.4) is 0 Å². The van der Waals surface area contributed by atoms with Crippen LogP contribution in [-0.2, 0) is 4.74 Å². The van der Waals surface area contributed by atoms with Crippen LogP contribution in [0.15, 0.2) is 24.3 Å². The second kappa shape index (κ2) is 10.5. The summed E-state index contributed by atoms with van der Waals surface area (Å²) < 4.78 is 5.81. The van der Waals surface area contributed by atoms with E-state index < -0.39 is 0 Å². The van der Waals surface area contributed by atoms with Crippen molar-refractivity contribution in [1.82, 2.24) is 0 Å². The lowest BCUT2D eigenvalue weighted by atomic mass is 9.71. The van der Waals surface area contributed by atoms with Crippen molar-refractivity contribution in [1.29, 1.82) is 0 Å². The Labute approximate surface area is 172 Å². The van der Waals surface area contributed by atoms with E-state index in [0.29, 0.717) is 11.5 Å². The summed E-state index contributed by atoms with van der Waals surface area (Å²) in [4.78, 5) is 12.6. The topological polar surface area (TPSA) is 26.3 Å². The van der Waals surface area contributed by atoms with E-state index in [1.165, 1.54) is 63.4 Å². The first kappa shape index (κ1) is 21.4. The molecule has 2 saturated carbocycles. The van der Waals surface area contributed by atoms with E-state index >= 15 is 0 Å². The van der Waals surface area contributed by atoms with Gasteiger partial charge in [0.05, 0.1) is 5.56 Å². The zero-order valence-corrected chi connectivity index (χ0v) is 18.3. The van der Waals surface area contributed by atoms with Crippen LogP contribution in [0.2, 0.25) is 0 Å². The largest absolute Gasteiger partial charge is 0.459 e. The zero-order chi connectivity index (χ0) is 19.9. The van der Waals surface area contributed by atoms with Gasteiger partial charge in [0.25, 0.3) is 0 Å². The molecule has 0 saturated heterocycles. The molecule has 0 spiro atoms. The Morgan fingerprint density at radius 1 is 0.929 bits per heavy atom. The summed E-state index contributed by atoms with van der Waals surface area (Å²) in [7, 11) is 0. The van der Waals surface area contributed by atoms with Gasteiger partial charge in [-0.05, 0) is 86.3 Å². The maximum absolute atomic E-state index is 12.6. The minimum absolute atomic E-state index is 0.120. The molecule has 0 radical (unpaired) electrons. The third-order valence-corrected chi connectivity index (χ3v) is 7.39. The smallest absolute Gasteiger partial charge is 0.338 e. The molecular formula is C26H40O2. The van der Waals surface area contributed by atoms with Crippen molar-refractivity contribution in [2.24, 2.45) is 17.8 Å². The van der Waals surface area contributed by atoms with Gasteiger partial charge in [0, 0.05) is 0 Å². The minimum Gasteiger partial charge on any atom is -0.459 e.